The Morgan fingerprint density at radius 2 is 2.00 bits per heavy atom. The summed E-state index contributed by atoms with van der Waals surface area (Å²) in [6, 6.07) is 0. The van der Waals surface area contributed by atoms with Gasteiger partial charge in [0.1, 0.15) is 0 Å². The second-order valence-corrected chi connectivity index (χ2v) is 2.74. The minimum atomic E-state index is 0.0483. The number of nitrogens with zero attached hydrogens (tertiary/aromatic N) is 2. The van der Waals surface area contributed by atoms with Crippen molar-refractivity contribution in [3.63, 3.8) is 0 Å². The molecule has 0 saturated carbocycles. The summed E-state index contributed by atoms with van der Waals surface area (Å²) < 4.78 is 10.2. The minimum Gasteiger partial charge on any atom is -0.476 e. The van der Waals surface area contributed by atoms with E-state index in [1.165, 1.54) is 6.26 Å². The predicted molar refractivity (Wildman–Crippen MR) is 57.5 cm³/mol. The van der Waals surface area contributed by atoms with Gasteiger partial charge in [0.2, 0.25) is 11.8 Å². The number of nitrogens with two attached hydrogens (primary N) is 2. The van der Waals surface area contributed by atoms with Crippen molar-refractivity contribution < 1.29 is 9.47 Å². The molecule has 0 saturated heterocycles. The first-order valence-electron chi connectivity index (χ1n) is 4.52. The summed E-state index contributed by atoms with van der Waals surface area (Å²) in [5.41, 5.74) is 11.4. The molecular formula is C9H14N4O2. The largest absolute Gasteiger partial charge is 0.476 e. The van der Waals surface area contributed by atoms with Gasteiger partial charge in [0.15, 0.2) is 5.69 Å². The van der Waals surface area contributed by atoms with Crippen LogP contribution in [0.3, 0.4) is 0 Å². The van der Waals surface area contributed by atoms with Gasteiger partial charge >= 0.3 is 0 Å². The van der Waals surface area contributed by atoms with Crippen LogP contribution < -0.4 is 20.9 Å². The zero-order chi connectivity index (χ0) is 11.3. The molecule has 1 heterocycles. The number of rotatable bonds is 5. The fraction of sp³-hybridized carbons (Fsp3) is 0.333. The number of aromatic nitrogens is 2. The van der Waals surface area contributed by atoms with Crippen LogP contribution in [0.1, 0.15) is 13.3 Å². The molecule has 1 rings (SSSR count). The smallest absolute Gasteiger partial charge is 0.251 e. The molecule has 0 aliphatic rings. The quantitative estimate of drug-likeness (QED) is 0.702. The van der Waals surface area contributed by atoms with Crippen molar-refractivity contribution >= 4 is 11.6 Å². The molecule has 0 radical (unpaired) electrons. The SMILES string of the molecule is C=COc1nc(N)nc(OCCC)c1N. The molecular weight excluding hydrogens is 196 g/mol. The van der Waals surface area contributed by atoms with Gasteiger partial charge in [-0.2, -0.15) is 9.97 Å². The zero-order valence-corrected chi connectivity index (χ0v) is 8.56. The lowest BCUT2D eigenvalue weighted by Gasteiger charge is -2.09. The summed E-state index contributed by atoms with van der Waals surface area (Å²) in [6.07, 6.45) is 2.06. The Bertz CT molecular complexity index is 354. The first-order chi connectivity index (χ1) is 7.19. The highest BCUT2D eigenvalue weighted by Gasteiger charge is 2.12. The van der Waals surface area contributed by atoms with Crippen molar-refractivity contribution in [2.75, 3.05) is 18.1 Å². The van der Waals surface area contributed by atoms with Crippen molar-refractivity contribution in [1.82, 2.24) is 9.97 Å². The van der Waals surface area contributed by atoms with Gasteiger partial charge < -0.3 is 20.9 Å². The van der Waals surface area contributed by atoms with Crippen LogP contribution in [0.4, 0.5) is 11.6 Å². The minimum absolute atomic E-state index is 0.0483. The molecule has 0 amide bonds. The first-order valence-corrected chi connectivity index (χ1v) is 4.52. The van der Waals surface area contributed by atoms with E-state index in [2.05, 4.69) is 16.5 Å². The van der Waals surface area contributed by atoms with Crippen molar-refractivity contribution in [3.8, 4) is 11.8 Å². The molecule has 0 unspecified atom stereocenters. The third-order valence-electron chi connectivity index (χ3n) is 1.53. The van der Waals surface area contributed by atoms with Crippen molar-refractivity contribution in [2.24, 2.45) is 0 Å². The van der Waals surface area contributed by atoms with E-state index in [1.807, 2.05) is 6.92 Å². The maximum Gasteiger partial charge on any atom is 0.251 e. The summed E-state index contributed by atoms with van der Waals surface area (Å²) in [5.74, 6) is 0.442. The lowest BCUT2D eigenvalue weighted by Crippen LogP contribution is -2.07. The molecule has 0 fully saturated rings. The Hall–Kier alpha value is -1.98. The summed E-state index contributed by atoms with van der Waals surface area (Å²) in [7, 11) is 0. The van der Waals surface area contributed by atoms with E-state index in [-0.39, 0.29) is 23.4 Å². The van der Waals surface area contributed by atoms with E-state index in [0.29, 0.717) is 6.61 Å². The Balaban J connectivity index is 2.98. The topological polar surface area (TPSA) is 96.3 Å². The molecule has 6 heteroatoms. The van der Waals surface area contributed by atoms with Gasteiger partial charge in [0.05, 0.1) is 12.9 Å². The normalized spacial score (nSPS) is 9.67. The number of anilines is 2. The van der Waals surface area contributed by atoms with Crippen LogP contribution >= 0.6 is 0 Å². The second-order valence-electron chi connectivity index (χ2n) is 2.74. The van der Waals surface area contributed by atoms with Crippen LogP contribution in [0.5, 0.6) is 11.8 Å². The van der Waals surface area contributed by atoms with Crippen LogP contribution in [0.15, 0.2) is 12.8 Å². The first kappa shape index (κ1) is 11.1. The van der Waals surface area contributed by atoms with E-state index in [1.54, 1.807) is 0 Å². The maximum absolute atomic E-state index is 5.70. The Morgan fingerprint density at radius 3 is 2.60 bits per heavy atom. The van der Waals surface area contributed by atoms with Crippen molar-refractivity contribution in [1.29, 1.82) is 0 Å². The number of nitrogen functional groups attached to an aromatic ring is 2. The highest BCUT2D eigenvalue weighted by molar-refractivity contribution is 5.58. The number of hydrogen-bond donors (Lipinski definition) is 2. The second kappa shape index (κ2) is 5.04. The molecule has 1 aromatic rings. The molecule has 0 aromatic carbocycles. The van der Waals surface area contributed by atoms with Crippen molar-refractivity contribution in [2.45, 2.75) is 13.3 Å². The van der Waals surface area contributed by atoms with Crippen LogP contribution in [0.25, 0.3) is 0 Å². The molecule has 0 spiro atoms. The summed E-state index contributed by atoms with van der Waals surface area (Å²) in [5, 5.41) is 0. The predicted octanol–water partition coefficient (Wildman–Crippen LogP) is 0.952. The Labute approximate surface area is 87.9 Å². The highest BCUT2D eigenvalue weighted by Crippen LogP contribution is 2.28. The van der Waals surface area contributed by atoms with E-state index < -0.39 is 0 Å². The lowest BCUT2D eigenvalue weighted by atomic mass is 10.5. The summed E-state index contributed by atoms with van der Waals surface area (Å²) >= 11 is 0. The molecule has 0 atom stereocenters. The number of ether oxygens (including phenoxy) is 2. The molecule has 6 nitrogen and oxygen atoms in total. The molecule has 0 bridgehead atoms. The Kier molecular flexibility index (Phi) is 3.73. The van der Waals surface area contributed by atoms with Gasteiger partial charge in [-0.15, -0.1) is 0 Å². The van der Waals surface area contributed by atoms with Crippen LogP contribution in [-0.4, -0.2) is 16.6 Å². The third-order valence-corrected chi connectivity index (χ3v) is 1.53. The van der Waals surface area contributed by atoms with Gasteiger partial charge in [0.25, 0.3) is 5.88 Å². The van der Waals surface area contributed by atoms with Gasteiger partial charge in [0, 0.05) is 0 Å². The van der Waals surface area contributed by atoms with E-state index >= 15 is 0 Å². The molecule has 1 aromatic heterocycles. The van der Waals surface area contributed by atoms with Crippen LogP contribution in [-0.2, 0) is 0 Å². The fourth-order valence-corrected chi connectivity index (χ4v) is 0.923. The Morgan fingerprint density at radius 1 is 1.33 bits per heavy atom. The van der Waals surface area contributed by atoms with Gasteiger partial charge in [-0.3, -0.25) is 0 Å². The molecule has 0 aliphatic carbocycles. The third kappa shape index (κ3) is 2.73. The average Bonchev–Trinajstić information content (AvgIpc) is 2.21. The standard InChI is InChI=1S/C9H14N4O2/c1-3-5-15-8-6(10)7(14-4-2)12-9(11)13-8/h4H,2-3,5,10H2,1H3,(H2,11,12,13). The fourth-order valence-electron chi connectivity index (χ4n) is 0.923. The molecule has 0 aliphatic heterocycles. The van der Waals surface area contributed by atoms with Gasteiger partial charge in [-0.1, -0.05) is 13.5 Å². The van der Waals surface area contributed by atoms with Crippen LogP contribution in [0, 0.1) is 0 Å². The van der Waals surface area contributed by atoms with Gasteiger partial charge in [-0.25, -0.2) is 0 Å². The molecule has 4 N–H and O–H groups in total. The number of hydrogen-bond acceptors (Lipinski definition) is 6. The monoisotopic (exact) mass is 210 g/mol. The zero-order valence-electron chi connectivity index (χ0n) is 8.56. The van der Waals surface area contributed by atoms with E-state index in [0.717, 1.165) is 6.42 Å². The summed E-state index contributed by atoms with van der Waals surface area (Å²) in [4.78, 5) is 7.66. The van der Waals surface area contributed by atoms with Gasteiger partial charge in [-0.05, 0) is 6.42 Å². The van der Waals surface area contributed by atoms with E-state index in [9.17, 15) is 0 Å². The molecule has 15 heavy (non-hydrogen) atoms. The lowest BCUT2D eigenvalue weighted by molar-refractivity contribution is 0.305. The van der Waals surface area contributed by atoms with Crippen LogP contribution in [0.2, 0.25) is 0 Å². The van der Waals surface area contributed by atoms with E-state index in [4.69, 9.17) is 20.9 Å². The van der Waals surface area contributed by atoms with Crippen molar-refractivity contribution in [3.05, 3.63) is 12.8 Å². The average molecular weight is 210 g/mol. The summed E-state index contributed by atoms with van der Waals surface area (Å²) in [6.45, 7) is 5.88. The highest BCUT2D eigenvalue weighted by atomic mass is 16.5. The maximum atomic E-state index is 5.70. The molecule has 82 valence electrons.